The summed E-state index contributed by atoms with van der Waals surface area (Å²) >= 11 is 0. The van der Waals surface area contributed by atoms with E-state index in [1.165, 1.54) is 38.0 Å². The summed E-state index contributed by atoms with van der Waals surface area (Å²) in [5.74, 6) is 2.15. The molecular weight excluding hydrogens is 162 g/mol. The van der Waals surface area contributed by atoms with E-state index in [4.69, 9.17) is 4.74 Å². The first-order valence-electron chi connectivity index (χ1n) is 5.50. The Morgan fingerprint density at radius 3 is 2.92 bits per heavy atom. The second-order valence-corrected chi connectivity index (χ2v) is 4.48. The van der Waals surface area contributed by atoms with E-state index in [2.05, 4.69) is 11.4 Å². The number of nitrogens with one attached hydrogen (secondary N) is 1. The molecule has 0 radical (unpaired) electrons. The summed E-state index contributed by atoms with van der Waals surface area (Å²) in [7, 11) is 0. The number of ether oxygens (including phenoxy) is 1. The molecule has 0 aromatic heterocycles. The van der Waals surface area contributed by atoms with Gasteiger partial charge in [0.2, 0.25) is 0 Å². The monoisotopic (exact) mass is 179 g/mol. The average molecular weight is 179 g/mol. The maximum absolute atomic E-state index is 5.74. The molecule has 0 amide bonds. The Balaban J connectivity index is 1.88. The number of hydrogen-bond donors (Lipinski definition) is 1. The fourth-order valence-electron chi connectivity index (χ4n) is 2.83. The molecule has 1 atom stereocenters. The molecule has 3 aliphatic rings. The van der Waals surface area contributed by atoms with Crippen molar-refractivity contribution in [3.05, 3.63) is 11.8 Å². The van der Waals surface area contributed by atoms with Crippen LogP contribution in [0, 0.1) is 5.92 Å². The molecule has 1 saturated carbocycles. The van der Waals surface area contributed by atoms with Crippen LogP contribution in [0.4, 0.5) is 0 Å². The Hall–Kier alpha value is -0.500. The van der Waals surface area contributed by atoms with Crippen molar-refractivity contribution < 1.29 is 4.74 Å². The third kappa shape index (κ3) is 1.12. The van der Waals surface area contributed by atoms with Gasteiger partial charge in [0.15, 0.2) is 0 Å². The Morgan fingerprint density at radius 2 is 2.38 bits per heavy atom. The molecule has 1 unspecified atom stereocenters. The molecule has 0 bridgehead atoms. The van der Waals surface area contributed by atoms with E-state index in [1.54, 1.807) is 0 Å². The summed E-state index contributed by atoms with van der Waals surface area (Å²) < 4.78 is 5.74. The van der Waals surface area contributed by atoms with Gasteiger partial charge in [0, 0.05) is 6.42 Å². The van der Waals surface area contributed by atoms with Gasteiger partial charge in [-0.1, -0.05) is 0 Å². The molecule has 0 spiro atoms. The topological polar surface area (TPSA) is 21.3 Å². The lowest BCUT2D eigenvalue weighted by Gasteiger charge is -2.30. The lowest BCUT2D eigenvalue weighted by atomic mass is 9.89. The molecule has 1 aliphatic carbocycles. The number of hydrogen-bond acceptors (Lipinski definition) is 2. The molecule has 2 aliphatic heterocycles. The summed E-state index contributed by atoms with van der Waals surface area (Å²) in [4.78, 5) is 0. The highest BCUT2D eigenvalue weighted by Gasteiger charge is 2.50. The Bertz CT molecular complexity index is 236. The molecule has 0 aromatic rings. The fraction of sp³-hybridized carbons (Fsp3) is 0.818. The van der Waals surface area contributed by atoms with Crippen molar-refractivity contribution in [1.29, 1.82) is 0 Å². The van der Waals surface area contributed by atoms with Crippen molar-refractivity contribution in [2.75, 3.05) is 13.2 Å². The molecule has 13 heavy (non-hydrogen) atoms. The maximum Gasteiger partial charge on any atom is 0.112 e. The van der Waals surface area contributed by atoms with Crippen LogP contribution in [-0.2, 0) is 4.74 Å². The van der Waals surface area contributed by atoms with Gasteiger partial charge in [0.25, 0.3) is 0 Å². The maximum atomic E-state index is 5.74. The van der Waals surface area contributed by atoms with Crippen molar-refractivity contribution in [2.24, 2.45) is 5.92 Å². The van der Waals surface area contributed by atoms with Crippen LogP contribution >= 0.6 is 0 Å². The van der Waals surface area contributed by atoms with Crippen molar-refractivity contribution in [2.45, 2.75) is 37.6 Å². The summed E-state index contributed by atoms with van der Waals surface area (Å²) in [6.45, 7) is 2.09. The van der Waals surface area contributed by atoms with Gasteiger partial charge in [0.1, 0.15) is 5.76 Å². The average Bonchev–Trinajstić information content (AvgIpc) is 2.73. The van der Waals surface area contributed by atoms with Crippen molar-refractivity contribution in [3.8, 4) is 0 Å². The van der Waals surface area contributed by atoms with Crippen LogP contribution in [0.15, 0.2) is 11.8 Å². The van der Waals surface area contributed by atoms with Gasteiger partial charge in [-0.25, -0.2) is 0 Å². The summed E-state index contributed by atoms with van der Waals surface area (Å²) in [5.41, 5.74) is 0.274. The van der Waals surface area contributed by atoms with Crippen LogP contribution in [0.5, 0.6) is 0 Å². The minimum Gasteiger partial charge on any atom is -0.496 e. The van der Waals surface area contributed by atoms with Gasteiger partial charge in [0.05, 0.1) is 12.1 Å². The first-order chi connectivity index (χ1) is 6.42. The van der Waals surface area contributed by atoms with E-state index in [0.717, 1.165) is 18.9 Å². The van der Waals surface area contributed by atoms with Gasteiger partial charge in [-0.2, -0.15) is 0 Å². The van der Waals surface area contributed by atoms with E-state index in [0.29, 0.717) is 0 Å². The predicted molar refractivity (Wildman–Crippen MR) is 51.3 cm³/mol. The quantitative estimate of drug-likeness (QED) is 0.698. The van der Waals surface area contributed by atoms with Crippen molar-refractivity contribution in [1.82, 2.24) is 5.32 Å². The van der Waals surface area contributed by atoms with E-state index < -0.39 is 0 Å². The zero-order valence-electron chi connectivity index (χ0n) is 8.01. The Morgan fingerprint density at radius 1 is 1.46 bits per heavy atom. The van der Waals surface area contributed by atoms with Crippen LogP contribution in [0.3, 0.4) is 0 Å². The van der Waals surface area contributed by atoms with Crippen molar-refractivity contribution >= 4 is 0 Å². The molecule has 72 valence electrons. The predicted octanol–water partition coefficient (Wildman–Crippen LogP) is 1.82. The highest BCUT2D eigenvalue weighted by molar-refractivity contribution is 5.24. The molecule has 3 rings (SSSR count). The smallest absolute Gasteiger partial charge is 0.112 e. The molecule has 2 fully saturated rings. The SMILES string of the molecule is C1=C(C2(C3CC3)CCCN2)OCC1. The van der Waals surface area contributed by atoms with Gasteiger partial charge in [-0.05, 0) is 44.2 Å². The minimum atomic E-state index is 0.274. The third-order valence-electron chi connectivity index (χ3n) is 3.61. The Labute approximate surface area is 79.3 Å². The minimum absolute atomic E-state index is 0.274. The van der Waals surface area contributed by atoms with Crippen LogP contribution in [0.2, 0.25) is 0 Å². The molecule has 1 saturated heterocycles. The molecule has 0 aromatic carbocycles. The normalized spacial score (nSPS) is 38.9. The first-order valence-corrected chi connectivity index (χ1v) is 5.50. The highest BCUT2D eigenvalue weighted by Crippen LogP contribution is 2.49. The third-order valence-corrected chi connectivity index (χ3v) is 3.61. The van der Waals surface area contributed by atoms with Gasteiger partial charge in [-0.15, -0.1) is 0 Å². The summed E-state index contributed by atoms with van der Waals surface area (Å²) in [6.07, 6.45) is 8.82. The summed E-state index contributed by atoms with van der Waals surface area (Å²) in [5, 5.41) is 3.68. The largest absolute Gasteiger partial charge is 0.496 e. The standard InChI is InChI=1S/C11H17NO/c1-3-10(13-8-1)11(9-4-5-9)6-2-7-12-11/h3,9,12H,1-2,4-8H2. The zero-order chi connectivity index (χ0) is 8.73. The molecule has 2 heterocycles. The fourth-order valence-corrected chi connectivity index (χ4v) is 2.83. The van der Waals surface area contributed by atoms with Gasteiger partial charge < -0.3 is 10.1 Å². The molecule has 2 heteroatoms. The molecule has 1 N–H and O–H groups in total. The van der Waals surface area contributed by atoms with Crippen LogP contribution < -0.4 is 5.32 Å². The first kappa shape index (κ1) is 7.86. The summed E-state index contributed by atoms with van der Waals surface area (Å²) in [6, 6.07) is 0. The lowest BCUT2D eigenvalue weighted by molar-refractivity contribution is 0.168. The van der Waals surface area contributed by atoms with E-state index in [1.807, 2.05) is 0 Å². The Kier molecular flexibility index (Phi) is 1.66. The second-order valence-electron chi connectivity index (χ2n) is 4.48. The highest BCUT2D eigenvalue weighted by atomic mass is 16.5. The molecule has 2 nitrogen and oxygen atoms in total. The van der Waals surface area contributed by atoms with E-state index in [9.17, 15) is 0 Å². The number of rotatable bonds is 2. The van der Waals surface area contributed by atoms with Crippen molar-refractivity contribution in [3.63, 3.8) is 0 Å². The van der Waals surface area contributed by atoms with E-state index in [-0.39, 0.29) is 5.54 Å². The van der Waals surface area contributed by atoms with Gasteiger partial charge >= 0.3 is 0 Å². The van der Waals surface area contributed by atoms with E-state index >= 15 is 0 Å². The molecular formula is C11H17NO. The van der Waals surface area contributed by atoms with Gasteiger partial charge in [-0.3, -0.25) is 0 Å². The second kappa shape index (κ2) is 2.74. The van der Waals surface area contributed by atoms with Crippen LogP contribution in [0.25, 0.3) is 0 Å². The zero-order valence-corrected chi connectivity index (χ0v) is 8.01. The van der Waals surface area contributed by atoms with Crippen LogP contribution in [0.1, 0.15) is 32.1 Å². The van der Waals surface area contributed by atoms with Crippen LogP contribution in [-0.4, -0.2) is 18.7 Å². The lowest BCUT2D eigenvalue weighted by Crippen LogP contribution is -2.44.